The van der Waals surface area contributed by atoms with Gasteiger partial charge in [0.05, 0.1) is 17.6 Å². The molecular weight excluding hydrogens is 372 g/mol. The lowest BCUT2D eigenvalue weighted by Gasteiger charge is -2.41. The average Bonchev–Trinajstić information content (AvgIpc) is 2.79. The van der Waals surface area contributed by atoms with Crippen LogP contribution in [0.25, 0.3) is 11.1 Å². The van der Waals surface area contributed by atoms with Gasteiger partial charge in [-0.2, -0.15) is 5.26 Å². The Balaban J connectivity index is 1.83. The number of guanidine groups is 1. The van der Waals surface area contributed by atoms with Crippen molar-refractivity contribution in [2.75, 3.05) is 7.05 Å². The number of carbonyl (C=O) groups excluding carboxylic acids is 1. The lowest BCUT2D eigenvalue weighted by molar-refractivity contribution is -0.130. The van der Waals surface area contributed by atoms with E-state index < -0.39 is 11.5 Å². The van der Waals surface area contributed by atoms with E-state index >= 15 is 0 Å². The largest absolute Gasteiger partial charge is 0.369 e. The second kappa shape index (κ2) is 7.49. The van der Waals surface area contributed by atoms with Gasteiger partial charge < -0.3 is 5.73 Å². The minimum atomic E-state index is -0.922. The summed E-state index contributed by atoms with van der Waals surface area (Å²) in [5.41, 5.74) is 9.51. The van der Waals surface area contributed by atoms with Crippen LogP contribution in [0.5, 0.6) is 0 Å². The first kappa shape index (κ1) is 19.4. The number of nitrogens with two attached hydrogens (primary N) is 1. The molecule has 1 heterocycles. The van der Waals surface area contributed by atoms with Crippen LogP contribution in [0.15, 0.2) is 83.9 Å². The van der Waals surface area contributed by atoms with Crippen molar-refractivity contribution >= 4 is 11.9 Å². The monoisotopic (exact) mass is 394 g/mol. The normalized spacial score (nSPS) is 21.1. The molecule has 30 heavy (non-hydrogen) atoms. The number of hydrogen-bond donors (Lipinski definition) is 1. The SMILES string of the molecule is CN1C(=O)[C@@H](c2ccc(-c3ccccc3)cc2)[C@@](C)(c2cccc(C#N)c2)N=C1N. The molecule has 5 nitrogen and oxygen atoms in total. The molecule has 0 aromatic heterocycles. The summed E-state index contributed by atoms with van der Waals surface area (Å²) in [6.45, 7) is 1.90. The first-order chi connectivity index (χ1) is 14.4. The molecule has 4 rings (SSSR count). The van der Waals surface area contributed by atoms with Crippen LogP contribution in [0.4, 0.5) is 0 Å². The number of aliphatic imine (C=N–C) groups is 1. The summed E-state index contributed by atoms with van der Waals surface area (Å²) < 4.78 is 0. The van der Waals surface area contributed by atoms with Gasteiger partial charge in [0, 0.05) is 7.05 Å². The number of nitriles is 1. The van der Waals surface area contributed by atoms with Gasteiger partial charge in [-0.25, -0.2) is 4.99 Å². The quantitative estimate of drug-likeness (QED) is 0.729. The van der Waals surface area contributed by atoms with Crippen molar-refractivity contribution < 1.29 is 4.79 Å². The highest BCUT2D eigenvalue weighted by Crippen LogP contribution is 2.44. The van der Waals surface area contributed by atoms with Gasteiger partial charge in [0.2, 0.25) is 5.91 Å². The summed E-state index contributed by atoms with van der Waals surface area (Å²) in [5.74, 6) is -0.518. The number of nitrogens with zero attached hydrogens (tertiary/aromatic N) is 3. The van der Waals surface area contributed by atoms with Gasteiger partial charge in [-0.15, -0.1) is 0 Å². The molecule has 0 saturated carbocycles. The molecule has 0 aliphatic carbocycles. The molecule has 0 radical (unpaired) electrons. The number of carbonyl (C=O) groups is 1. The van der Waals surface area contributed by atoms with E-state index in [1.807, 2.05) is 61.5 Å². The van der Waals surface area contributed by atoms with Gasteiger partial charge in [-0.1, -0.05) is 66.7 Å². The van der Waals surface area contributed by atoms with Gasteiger partial charge in [0.25, 0.3) is 0 Å². The highest BCUT2D eigenvalue weighted by molar-refractivity contribution is 6.02. The van der Waals surface area contributed by atoms with Crippen molar-refractivity contribution in [2.24, 2.45) is 10.7 Å². The smallest absolute Gasteiger partial charge is 0.239 e. The Morgan fingerprint density at radius 3 is 2.33 bits per heavy atom. The highest BCUT2D eigenvalue weighted by Gasteiger charge is 2.47. The molecule has 0 fully saturated rings. The Hall–Kier alpha value is -3.91. The Morgan fingerprint density at radius 2 is 1.67 bits per heavy atom. The van der Waals surface area contributed by atoms with E-state index in [1.165, 1.54) is 4.90 Å². The maximum absolute atomic E-state index is 13.3. The number of likely N-dealkylation sites (N-methyl/N-ethyl adjacent to an activating group) is 1. The van der Waals surface area contributed by atoms with Crippen molar-refractivity contribution in [3.8, 4) is 17.2 Å². The van der Waals surface area contributed by atoms with Crippen LogP contribution < -0.4 is 5.73 Å². The first-order valence-electron chi connectivity index (χ1n) is 9.73. The molecule has 0 saturated heterocycles. The number of hydrogen-bond acceptors (Lipinski definition) is 4. The van der Waals surface area contributed by atoms with Gasteiger partial charge >= 0.3 is 0 Å². The summed E-state index contributed by atoms with van der Waals surface area (Å²) in [5, 5.41) is 9.33. The average molecular weight is 394 g/mol. The van der Waals surface area contributed by atoms with Gasteiger partial charge in [0.15, 0.2) is 5.96 Å². The zero-order chi connectivity index (χ0) is 21.3. The van der Waals surface area contributed by atoms with Gasteiger partial charge in [0.1, 0.15) is 5.54 Å². The maximum Gasteiger partial charge on any atom is 0.239 e. The van der Waals surface area contributed by atoms with Crippen LogP contribution >= 0.6 is 0 Å². The fourth-order valence-electron chi connectivity index (χ4n) is 4.03. The Labute approximate surface area is 176 Å². The van der Waals surface area contributed by atoms with Crippen molar-refractivity contribution in [3.05, 3.63) is 95.6 Å². The molecule has 0 bridgehead atoms. The second-order valence-corrected chi connectivity index (χ2v) is 7.63. The van der Waals surface area contributed by atoms with Crippen LogP contribution in [0.2, 0.25) is 0 Å². The van der Waals surface area contributed by atoms with E-state index in [0.29, 0.717) is 5.56 Å². The Kier molecular flexibility index (Phi) is 4.85. The molecule has 5 heteroatoms. The third-order valence-corrected chi connectivity index (χ3v) is 5.76. The molecule has 0 spiro atoms. The fourth-order valence-corrected chi connectivity index (χ4v) is 4.03. The van der Waals surface area contributed by atoms with E-state index in [9.17, 15) is 10.1 Å². The molecule has 1 amide bonds. The molecule has 1 aliphatic heterocycles. The summed E-state index contributed by atoms with van der Waals surface area (Å²) >= 11 is 0. The van der Waals surface area contributed by atoms with Crippen LogP contribution in [0.3, 0.4) is 0 Å². The topological polar surface area (TPSA) is 82.5 Å². The van der Waals surface area contributed by atoms with Crippen LogP contribution in [0, 0.1) is 11.3 Å². The Bertz CT molecular complexity index is 1160. The van der Waals surface area contributed by atoms with Crippen LogP contribution in [-0.2, 0) is 10.3 Å². The van der Waals surface area contributed by atoms with Crippen molar-refractivity contribution in [1.82, 2.24) is 4.90 Å². The summed E-state index contributed by atoms with van der Waals surface area (Å²) in [6, 6.07) is 27.5. The standard InChI is InChI=1S/C25H22N4O/c1-25(21-10-6-7-17(15-21)16-26)22(23(30)29(2)24(27)28-25)20-13-11-19(12-14-20)18-8-4-3-5-9-18/h3-15,22H,1-2H3,(H2,27,28)/t22-,25-/m1/s1. The zero-order valence-corrected chi connectivity index (χ0v) is 16.9. The maximum atomic E-state index is 13.3. The zero-order valence-electron chi connectivity index (χ0n) is 16.9. The molecule has 148 valence electrons. The molecular formula is C25H22N4O. The van der Waals surface area contributed by atoms with E-state index in [0.717, 1.165) is 22.3 Å². The van der Waals surface area contributed by atoms with Gasteiger partial charge in [-0.05, 0) is 41.3 Å². The number of benzene rings is 3. The molecule has 2 atom stereocenters. The van der Waals surface area contributed by atoms with Crippen LogP contribution in [0.1, 0.15) is 29.5 Å². The molecule has 3 aromatic carbocycles. The summed E-state index contributed by atoms with van der Waals surface area (Å²) in [7, 11) is 1.64. The van der Waals surface area contributed by atoms with Crippen molar-refractivity contribution in [2.45, 2.75) is 18.4 Å². The summed E-state index contributed by atoms with van der Waals surface area (Å²) in [4.78, 5) is 19.4. The number of rotatable bonds is 3. The van der Waals surface area contributed by atoms with Crippen molar-refractivity contribution in [3.63, 3.8) is 0 Å². The third kappa shape index (κ3) is 3.23. The fraction of sp³-hybridized carbons (Fsp3) is 0.160. The van der Waals surface area contributed by atoms with E-state index in [-0.39, 0.29) is 11.9 Å². The molecule has 0 unspecified atom stereocenters. The minimum Gasteiger partial charge on any atom is -0.369 e. The van der Waals surface area contributed by atoms with Gasteiger partial charge in [-0.3, -0.25) is 9.69 Å². The second-order valence-electron chi connectivity index (χ2n) is 7.63. The number of amides is 1. The minimum absolute atomic E-state index is 0.125. The third-order valence-electron chi connectivity index (χ3n) is 5.76. The van der Waals surface area contributed by atoms with E-state index in [1.54, 1.807) is 19.2 Å². The highest BCUT2D eigenvalue weighted by atomic mass is 16.2. The first-order valence-corrected chi connectivity index (χ1v) is 9.73. The van der Waals surface area contributed by atoms with Crippen LogP contribution in [-0.4, -0.2) is 23.8 Å². The van der Waals surface area contributed by atoms with E-state index in [4.69, 9.17) is 10.7 Å². The predicted molar refractivity (Wildman–Crippen MR) is 118 cm³/mol. The predicted octanol–water partition coefficient (Wildman–Crippen LogP) is 4.01. The summed E-state index contributed by atoms with van der Waals surface area (Å²) in [6.07, 6.45) is 0. The Morgan fingerprint density at radius 1 is 1.00 bits per heavy atom. The van der Waals surface area contributed by atoms with E-state index in [2.05, 4.69) is 18.2 Å². The lowest BCUT2D eigenvalue weighted by Crippen LogP contribution is -2.52. The molecule has 3 aromatic rings. The molecule has 1 aliphatic rings. The van der Waals surface area contributed by atoms with Crippen molar-refractivity contribution in [1.29, 1.82) is 5.26 Å². The lowest BCUT2D eigenvalue weighted by atomic mass is 9.74. The molecule has 2 N–H and O–H groups in total.